The third-order valence-corrected chi connectivity index (χ3v) is 3.05. The van der Waals surface area contributed by atoms with Gasteiger partial charge in [0.1, 0.15) is 0 Å². The Hall–Kier alpha value is -0.930. The molecule has 16 heavy (non-hydrogen) atoms. The third-order valence-electron chi connectivity index (χ3n) is 2.20. The standard InChI is InChI=1S/C12H8BrClFN/c13-6-8-2-1-3-9(4-8)11-5-10(14)7-16-12(11)15/h1-5,7H,6H2. The first-order valence-electron chi connectivity index (χ1n) is 4.67. The highest BCUT2D eigenvalue weighted by Crippen LogP contribution is 2.25. The highest BCUT2D eigenvalue weighted by Gasteiger charge is 2.07. The van der Waals surface area contributed by atoms with Gasteiger partial charge < -0.3 is 0 Å². The molecule has 1 aromatic heterocycles. The minimum absolute atomic E-state index is 0.426. The second-order valence-electron chi connectivity index (χ2n) is 3.33. The van der Waals surface area contributed by atoms with Gasteiger partial charge in [-0.15, -0.1) is 0 Å². The molecule has 4 heteroatoms. The van der Waals surface area contributed by atoms with E-state index in [0.29, 0.717) is 10.6 Å². The smallest absolute Gasteiger partial charge is 0.220 e. The Kier molecular flexibility index (Phi) is 3.56. The van der Waals surface area contributed by atoms with E-state index in [1.807, 2.05) is 24.3 Å². The molecule has 0 spiro atoms. The van der Waals surface area contributed by atoms with Crippen LogP contribution in [0.3, 0.4) is 0 Å². The molecule has 1 nitrogen and oxygen atoms in total. The van der Waals surface area contributed by atoms with Crippen LogP contribution in [-0.4, -0.2) is 4.98 Å². The van der Waals surface area contributed by atoms with Gasteiger partial charge in [-0.3, -0.25) is 0 Å². The molecular weight excluding hydrogens is 292 g/mol. The predicted molar refractivity (Wildman–Crippen MR) is 67.3 cm³/mol. The minimum atomic E-state index is -0.504. The van der Waals surface area contributed by atoms with Crippen molar-refractivity contribution in [3.05, 3.63) is 53.1 Å². The zero-order valence-corrected chi connectivity index (χ0v) is 10.6. The highest BCUT2D eigenvalue weighted by atomic mass is 79.9. The van der Waals surface area contributed by atoms with Crippen molar-refractivity contribution >= 4 is 27.5 Å². The van der Waals surface area contributed by atoms with Crippen molar-refractivity contribution in [2.24, 2.45) is 0 Å². The van der Waals surface area contributed by atoms with Gasteiger partial charge in [-0.2, -0.15) is 4.39 Å². The number of hydrogen-bond acceptors (Lipinski definition) is 1. The summed E-state index contributed by atoms with van der Waals surface area (Å²) in [6.07, 6.45) is 1.30. The fourth-order valence-corrected chi connectivity index (χ4v) is 1.95. The Morgan fingerprint density at radius 3 is 2.88 bits per heavy atom. The molecule has 0 unspecified atom stereocenters. The van der Waals surface area contributed by atoms with E-state index in [1.54, 1.807) is 6.07 Å². The van der Waals surface area contributed by atoms with Crippen molar-refractivity contribution in [3.8, 4) is 11.1 Å². The maximum Gasteiger partial charge on any atom is 0.220 e. The van der Waals surface area contributed by atoms with Gasteiger partial charge in [0, 0.05) is 17.1 Å². The van der Waals surface area contributed by atoms with Gasteiger partial charge in [-0.25, -0.2) is 4.98 Å². The van der Waals surface area contributed by atoms with Gasteiger partial charge in [-0.05, 0) is 17.2 Å². The number of nitrogens with zero attached hydrogens (tertiary/aromatic N) is 1. The van der Waals surface area contributed by atoms with Crippen LogP contribution in [0.15, 0.2) is 36.5 Å². The van der Waals surface area contributed by atoms with Crippen molar-refractivity contribution in [1.29, 1.82) is 0 Å². The van der Waals surface area contributed by atoms with Crippen molar-refractivity contribution in [1.82, 2.24) is 4.98 Å². The van der Waals surface area contributed by atoms with E-state index < -0.39 is 5.95 Å². The molecule has 0 radical (unpaired) electrons. The first-order chi connectivity index (χ1) is 7.70. The number of rotatable bonds is 2. The van der Waals surface area contributed by atoms with E-state index in [4.69, 9.17) is 11.6 Å². The molecule has 0 aliphatic carbocycles. The Bertz CT molecular complexity index is 516. The van der Waals surface area contributed by atoms with Crippen molar-refractivity contribution in [2.45, 2.75) is 5.33 Å². The monoisotopic (exact) mass is 299 g/mol. The molecule has 2 rings (SSSR count). The van der Waals surface area contributed by atoms with Gasteiger partial charge >= 0.3 is 0 Å². The predicted octanol–water partition coefficient (Wildman–Crippen LogP) is 4.44. The molecule has 0 saturated carbocycles. The molecule has 1 aromatic carbocycles. The fraction of sp³-hybridized carbons (Fsp3) is 0.0833. The van der Waals surface area contributed by atoms with E-state index >= 15 is 0 Å². The summed E-state index contributed by atoms with van der Waals surface area (Å²) in [5, 5.41) is 1.16. The largest absolute Gasteiger partial charge is 0.226 e. The van der Waals surface area contributed by atoms with Gasteiger partial charge in [0.15, 0.2) is 0 Å². The Morgan fingerprint density at radius 2 is 2.12 bits per heavy atom. The topological polar surface area (TPSA) is 12.9 Å². The lowest BCUT2D eigenvalue weighted by atomic mass is 10.1. The molecule has 0 N–H and O–H groups in total. The molecule has 0 aliphatic rings. The van der Waals surface area contributed by atoms with Crippen LogP contribution in [0.25, 0.3) is 11.1 Å². The maximum atomic E-state index is 13.5. The molecule has 0 fully saturated rings. The summed E-state index contributed by atoms with van der Waals surface area (Å²) < 4.78 is 13.5. The first-order valence-corrected chi connectivity index (χ1v) is 6.17. The summed E-state index contributed by atoms with van der Waals surface area (Å²) in [6, 6.07) is 9.17. The summed E-state index contributed by atoms with van der Waals surface area (Å²) in [6.45, 7) is 0. The lowest BCUT2D eigenvalue weighted by Gasteiger charge is -2.04. The molecule has 0 bridgehead atoms. The van der Waals surface area contributed by atoms with Crippen LogP contribution in [0.5, 0.6) is 0 Å². The average Bonchev–Trinajstić information content (AvgIpc) is 2.32. The van der Waals surface area contributed by atoms with Crippen LogP contribution >= 0.6 is 27.5 Å². The van der Waals surface area contributed by atoms with Gasteiger partial charge in [-0.1, -0.05) is 51.8 Å². The molecular formula is C12H8BrClFN. The molecule has 0 aliphatic heterocycles. The summed E-state index contributed by atoms with van der Waals surface area (Å²) in [7, 11) is 0. The Balaban J connectivity index is 2.53. The van der Waals surface area contributed by atoms with E-state index in [2.05, 4.69) is 20.9 Å². The number of benzene rings is 1. The molecule has 2 aromatic rings. The second-order valence-corrected chi connectivity index (χ2v) is 4.32. The number of halogens is 3. The normalized spacial score (nSPS) is 10.4. The Morgan fingerprint density at radius 1 is 1.31 bits per heavy atom. The number of hydrogen-bond donors (Lipinski definition) is 0. The average molecular weight is 301 g/mol. The zero-order chi connectivity index (χ0) is 11.5. The van der Waals surface area contributed by atoms with E-state index in [0.717, 1.165) is 16.5 Å². The van der Waals surface area contributed by atoms with Crippen LogP contribution in [0.4, 0.5) is 4.39 Å². The maximum absolute atomic E-state index is 13.5. The summed E-state index contributed by atoms with van der Waals surface area (Å²) in [5.74, 6) is -0.504. The summed E-state index contributed by atoms with van der Waals surface area (Å²) in [4.78, 5) is 3.60. The Labute approximate surface area is 106 Å². The van der Waals surface area contributed by atoms with Crippen LogP contribution in [0.2, 0.25) is 5.02 Å². The lowest BCUT2D eigenvalue weighted by Crippen LogP contribution is -1.89. The lowest BCUT2D eigenvalue weighted by molar-refractivity contribution is 0.587. The SMILES string of the molecule is Fc1ncc(Cl)cc1-c1cccc(CBr)c1. The minimum Gasteiger partial charge on any atom is -0.226 e. The molecule has 1 heterocycles. The van der Waals surface area contributed by atoms with E-state index in [1.165, 1.54) is 6.20 Å². The third kappa shape index (κ3) is 2.42. The van der Waals surface area contributed by atoms with Crippen molar-refractivity contribution in [2.75, 3.05) is 0 Å². The number of aromatic nitrogens is 1. The molecule has 0 saturated heterocycles. The fourth-order valence-electron chi connectivity index (χ4n) is 1.45. The molecule has 82 valence electrons. The molecule has 0 atom stereocenters. The van der Waals surface area contributed by atoms with Crippen LogP contribution in [-0.2, 0) is 5.33 Å². The van der Waals surface area contributed by atoms with Crippen LogP contribution in [0.1, 0.15) is 5.56 Å². The van der Waals surface area contributed by atoms with Crippen molar-refractivity contribution in [3.63, 3.8) is 0 Å². The van der Waals surface area contributed by atoms with Crippen LogP contribution in [0, 0.1) is 5.95 Å². The van der Waals surface area contributed by atoms with Gasteiger partial charge in [0.25, 0.3) is 0 Å². The first kappa shape index (κ1) is 11.6. The van der Waals surface area contributed by atoms with Crippen LogP contribution < -0.4 is 0 Å². The summed E-state index contributed by atoms with van der Waals surface area (Å²) in [5.41, 5.74) is 2.29. The van der Waals surface area contributed by atoms with Gasteiger partial charge in [0.05, 0.1) is 5.02 Å². The second kappa shape index (κ2) is 4.93. The summed E-state index contributed by atoms with van der Waals surface area (Å²) >= 11 is 9.16. The van der Waals surface area contributed by atoms with Crippen molar-refractivity contribution < 1.29 is 4.39 Å². The zero-order valence-electron chi connectivity index (χ0n) is 8.25. The highest BCUT2D eigenvalue weighted by molar-refractivity contribution is 9.08. The van der Waals surface area contributed by atoms with Gasteiger partial charge in [0.2, 0.25) is 5.95 Å². The quantitative estimate of drug-likeness (QED) is 0.590. The molecule has 0 amide bonds. The number of pyridine rings is 1. The number of alkyl halides is 1. The van der Waals surface area contributed by atoms with E-state index in [-0.39, 0.29) is 0 Å². The van der Waals surface area contributed by atoms with E-state index in [9.17, 15) is 4.39 Å².